The van der Waals surface area contributed by atoms with Crippen LogP contribution in [0.1, 0.15) is 59.8 Å². The maximum absolute atomic E-state index is 11.5. The van der Waals surface area contributed by atoms with Crippen molar-refractivity contribution in [3.63, 3.8) is 0 Å². The Kier molecular flexibility index (Phi) is 6.60. The van der Waals surface area contributed by atoms with Gasteiger partial charge >= 0.3 is 0 Å². The number of rotatable bonds is 7. The van der Waals surface area contributed by atoms with E-state index in [1.54, 1.807) is 0 Å². The monoisotopic (exact) mass is 199 g/mol. The second-order valence-electron chi connectivity index (χ2n) is 4.79. The second kappa shape index (κ2) is 6.86. The van der Waals surface area contributed by atoms with Crippen molar-refractivity contribution in [1.82, 2.24) is 5.32 Å². The van der Waals surface area contributed by atoms with Crippen LogP contribution in [0.2, 0.25) is 0 Å². The van der Waals surface area contributed by atoms with E-state index in [2.05, 4.69) is 33.0 Å². The number of carbonyl (C=O) groups excluding carboxylic acids is 1. The Balaban J connectivity index is 3.69. The van der Waals surface area contributed by atoms with Crippen molar-refractivity contribution in [3.05, 3.63) is 0 Å². The Bertz CT molecular complexity index is 164. The first-order chi connectivity index (χ1) is 6.52. The lowest BCUT2D eigenvalue weighted by molar-refractivity contribution is -0.123. The van der Waals surface area contributed by atoms with Crippen LogP contribution >= 0.6 is 0 Å². The lowest BCUT2D eigenvalue weighted by atomic mass is 9.84. The van der Waals surface area contributed by atoms with Gasteiger partial charge in [0.15, 0.2) is 0 Å². The minimum Gasteiger partial charge on any atom is -0.356 e. The van der Waals surface area contributed by atoms with Gasteiger partial charge in [0.05, 0.1) is 0 Å². The predicted molar refractivity (Wildman–Crippen MR) is 61.2 cm³/mol. The molecule has 84 valence electrons. The Morgan fingerprint density at radius 1 is 1.21 bits per heavy atom. The highest BCUT2D eigenvalue weighted by Crippen LogP contribution is 2.26. The molecule has 0 saturated carbocycles. The average Bonchev–Trinajstić information content (AvgIpc) is 2.03. The van der Waals surface area contributed by atoms with Crippen molar-refractivity contribution in [2.75, 3.05) is 6.54 Å². The lowest BCUT2D eigenvalue weighted by Crippen LogP contribution is -2.29. The third-order valence-corrected chi connectivity index (χ3v) is 2.42. The van der Waals surface area contributed by atoms with Crippen LogP contribution in [0, 0.1) is 5.41 Å². The van der Waals surface area contributed by atoms with Gasteiger partial charge in [0, 0.05) is 13.0 Å². The standard InChI is InChI=1S/C12H25NO/c1-5-7-9-13-11(14)10-12(3,4)8-6-2/h5-10H2,1-4H3,(H,13,14). The highest BCUT2D eigenvalue weighted by Gasteiger charge is 2.20. The maximum Gasteiger partial charge on any atom is 0.220 e. The van der Waals surface area contributed by atoms with Crippen molar-refractivity contribution in [3.8, 4) is 0 Å². The molecule has 0 radical (unpaired) electrons. The van der Waals surface area contributed by atoms with Crippen LogP contribution < -0.4 is 5.32 Å². The highest BCUT2D eigenvalue weighted by molar-refractivity contribution is 5.76. The maximum atomic E-state index is 11.5. The Labute approximate surface area is 88.5 Å². The first kappa shape index (κ1) is 13.5. The minimum atomic E-state index is 0.158. The number of hydrogen-bond acceptors (Lipinski definition) is 1. The normalized spacial score (nSPS) is 11.4. The van der Waals surface area contributed by atoms with Gasteiger partial charge in [0.25, 0.3) is 0 Å². The number of hydrogen-bond donors (Lipinski definition) is 1. The minimum absolute atomic E-state index is 0.158. The molecule has 0 atom stereocenters. The van der Waals surface area contributed by atoms with E-state index in [0.29, 0.717) is 6.42 Å². The number of unbranched alkanes of at least 4 members (excludes halogenated alkanes) is 1. The average molecular weight is 199 g/mol. The molecular formula is C12H25NO. The van der Waals surface area contributed by atoms with Crippen LogP contribution in [-0.2, 0) is 4.79 Å². The van der Waals surface area contributed by atoms with Crippen molar-refractivity contribution in [2.24, 2.45) is 5.41 Å². The van der Waals surface area contributed by atoms with Crippen LogP contribution in [0.5, 0.6) is 0 Å². The Morgan fingerprint density at radius 3 is 2.36 bits per heavy atom. The SMILES string of the molecule is CCCCNC(=O)CC(C)(C)CCC. The van der Waals surface area contributed by atoms with E-state index >= 15 is 0 Å². The summed E-state index contributed by atoms with van der Waals surface area (Å²) in [6.07, 6.45) is 5.15. The van der Waals surface area contributed by atoms with Gasteiger partial charge in [-0.1, -0.05) is 40.5 Å². The molecule has 0 spiro atoms. The molecule has 0 aliphatic carbocycles. The quantitative estimate of drug-likeness (QED) is 0.627. The summed E-state index contributed by atoms with van der Waals surface area (Å²) in [6, 6.07) is 0. The van der Waals surface area contributed by atoms with Crippen LogP contribution in [0.25, 0.3) is 0 Å². The van der Waals surface area contributed by atoms with Crippen molar-refractivity contribution in [2.45, 2.75) is 59.8 Å². The van der Waals surface area contributed by atoms with Crippen LogP contribution in [0.15, 0.2) is 0 Å². The number of carbonyl (C=O) groups is 1. The van der Waals surface area contributed by atoms with E-state index in [9.17, 15) is 4.79 Å². The summed E-state index contributed by atoms with van der Waals surface area (Å²) in [5.74, 6) is 0.205. The summed E-state index contributed by atoms with van der Waals surface area (Å²) in [7, 11) is 0. The van der Waals surface area contributed by atoms with E-state index in [1.807, 2.05) is 0 Å². The van der Waals surface area contributed by atoms with Crippen molar-refractivity contribution < 1.29 is 4.79 Å². The summed E-state index contributed by atoms with van der Waals surface area (Å²) >= 11 is 0. The molecule has 0 heterocycles. The van der Waals surface area contributed by atoms with E-state index in [0.717, 1.165) is 32.2 Å². The van der Waals surface area contributed by atoms with Gasteiger partial charge < -0.3 is 5.32 Å². The fourth-order valence-corrected chi connectivity index (χ4v) is 1.67. The first-order valence-corrected chi connectivity index (χ1v) is 5.78. The van der Waals surface area contributed by atoms with E-state index < -0.39 is 0 Å². The topological polar surface area (TPSA) is 29.1 Å². The summed E-state index contributed by atoms with van der Waals surface area (Å²) in [6.45, 7) is 9.45. The van der Waals surface area contributed by atoms with Crippen molar-refractivity contribution >= 4 is 5.91 Å². The molecule has 0 bridgehead atoms. The molecule has 0 rings (SSSR count). The van der Waals surface area contributed by atoms with Gasteiger partial charge in [-0.15, -0.1) is 0 Å². The van der Waals surface area contributed by atoms with Gasteiger partial charge in [0.2, 0.25) is 5.91 Å². The van der Waals surface area contributed by atoms with Crippen molar-refractivity contribution in [1.29, 1.82) is 0 Å². The highest BCUT2D eigenvalue weighted by atomic mass is 16.1. The van der Waals surface area contributed by atoms with Crippen LogP contribution in [0.4, 0.5) is 0 Å². The Morgan fingerprint density at radius 2 is 1.86 bits per heavy atom. The molecule has 2 nitrogen and oxygen atoms in total. The third kappa shape index (κ3) is 6.93. The summed E-state index contributed by atoms with van der Waals surface area (Å²) in [5.41, 5.74) is 0.158. The second-order valence-corrected chi connectivity index (χ2v) is 4.79. The van der Waals surface area contributed by atoms with Crippen LogP contribution in [0.3, 0.4) is 0 Å². The molecule has 0 aliphatic heterocycles. The molecule has 14 heavy (non-hydrogen) atoms. The summed E-state index contributed by atoms with van der Waals surface area (Å²) < 4.78 is 0. The third-order valence-electron chi connectivity index (χ3n) is 2.42. The largest absolute Gasteiger partial charge is 0.356 e. The summed E-state index contributed by atoms with van der Waals surface area (Å²) in [5, 5.41) is 2.96. The molecule has 2 heteroatoms. The zero-order chi connectivity index (χ0) is 11.0. The molecular weight excluding hydrogens is 174 g/mol. The molecule has 0 saturated heterocycles. The van der Waals surface area contributed by atoms with Gasteiger partial charge in [-0.3, -0.25) is 4.79 Å². The summed E-state index contributed by atoms with van der Waals surface area (Å²) in [4.78, 5) is 11.5. The van der Waals surface area contributed by atoms with E-state index in [4.69, 9.17) is 0 Å². The number of amides is 1. The molecule has 1 N–H and O–H groups in total. The molecule has 0 fully saturated rings. The van der Waals surface area contributed by atoms with Gasteiger partial charge in [-0.2, -0.15) is 0 Å². The molecule has 0 unspecified atom stereocenters. The zero-order valence-corrected chi connectivity index (χ0v) is 10.2. The zero-order valence-electron chi connectivity index (χ0n) is 10.2. The van der Waals surface area contributed by atoms with Gasteiger partial charge in [0.1, 0.15) is 0 Å². The fraction of sp³-hybridized carbons (Fsp3) is 0.917. The molecule has 1 amide bonds. The molecule has 0 aromatic heterocycles. The smallest absolute Gasteiger partial charge is 0.220 e. The van der Waals surface area contributed by atoms with Gasteiger partial charge in [-0.05, 0) is 18.3 Å². The number of nitrogens with one attached hydrogen (secondary N) is 1. The molecule has 0 aromatic carbocycles. The lowest BCUT2D eigenvalue weighted by Gasteiger charge is -2.23. The molecule has 0 aromatic rings. The van der Waals surface area contributed by atoms with E-state index in [-0.39, 0.29) is 11.3 Å². The van der Waals surface area contributed by atoms with E-state index in [1.165, 1.54) is 0 Å². The molecule has 0 aliphatic rings. The van der Waals surface area contributed by atoms with Crippen LogP contribution in [-0.4, -0.2) is 12.5 Å². The Hall–Kier alpha value is -0.530. The fourth-order valence-electron chi connectivity index (χ4n) is 1.67. The first-order valence-electron chi connectivity index (χ1n) is 5.78. The van der Waals surface area contributed by atoms with Gasteiger partial charge in [-0.25, -0.2) is 0 Å². The predicted octanol–water partition coefficient (Wildman–Crippen LogP) is 3.12.